The van der Waals surface area contributed by atoms with Gasteiger partial charge in [0.2, 0.25) is 5.78 Å². The number of hydrogen-bond donors (Lipinski definition) is 1. The van der Waals surface area contributed by atoms with Crippen molar-refractivity contribution in [1.82, 2.24) is 10.2 Å². The van der Waals surface area contributed by atoms with E-state index in [4.69, 9.17) is 4.42 Å². The highest BCUT2D eigenvalue weighted by Gasteiger charge is 2.30. The summed E-state index contributed by atoms with van der Waals surface area (Å²) >= 11 is 0. The third-order valence-electron chi connectivity index (χ3n) is 4.47. The molecular weight excluding hydrogens is 393 g/mol. The second kappa shape index (κ2) is 7.87. The molecule has 2 aromatic heterocycles. The Morgan fingerprint density at radius 1 is 0.967 bits per heavy atom. The molecule has 4 rings (SSSR count). The highest BCUT2D eigenvalue weighted by molar-refractivity contribution is 6.05. The number of carbonyl (C=O) groups is 1. The number of aromatic amines is 1. The Morgan fingerprint density at radius 3 is 2.50 bits per heavy atom. The molecule has 4 nitrogen and oxygen atoms in total. The number of benzene rings is 2. The molecule has 0 bridgehead atoms. The number of rotatable bonds is 5. The minimum Gasteiger partial charge on any atom is -0.453 e. The molecule has 150 valence electrons. The number of allylic oxidation sites excluding steroid dienone is 1. The Labute approximate surface area is 169 Å². The summed E-state index contributed by atoms with van der Waals surface area (Å²) in [6, 6.07) is 17.2. The number of H-pyrrole nitrogens is 1. The first kappa shape index (κ1) is 19.4. The summed E-state index contributed by atoms with van der Waals surface area (Å²) in [5.74, 6) is -0.192. The Hall–Kier alpha value is -3.87. The number of hydrogen-bond acceptors (Lipinski definition) is 3. The maximum absolute atomic E-state index is 12.9. The average molecular weight is 408 g/mol. The largest absolute Gasteiger partial charge is 0.453 e. The molecule has 0 aliphatic heterocycles. The van der Waals surface area contributed by atoms with Crippen molar-refractivity contribution >= 4 is 11.9 Å². The average Bonchev–Trinajstić information content (AvgIpc) is 3.42. The molecule has 0 aliphatic carbocycles. The van der Waals surface area contributed by atoms with Gasteiger partial charge in [-0.25, -0.2) is 0 Å². The van der Waals surface area contributed by atoms with Crippen LogP contribution in [0, 0.1) is 0 Å². The van der Waals surface area contributed by atoms with Gasteiger partial charge < -0.3 is 4.42 Å². The molecule has 0 saturated carbocycles. The van der Waals surface area contributed by atoms with Gasteiger partial charge in [0, 0.05) is 16.7 Å². The maximum Gasteiger partial charge on any atom is 0.416 e. The van der Waals surface area contributed by atoms with Gasteiger partial charge in [-0.05, 0) is 36.4 Å². The molecule has 0 atom stereocenters. The summed E-state index contributed by atoms with van der Waals surface area (Å²) in [5.41, 5.74) is 1.88. The Bertz CT molecular complexity index is 1200. The number of halogens is 3. The quantitative estimate of drug-likeness (QED) is 0.314. The van der Waals surface area contributed by atoms with Crippen LogP contribution in [0.4, 0.5) is 13.2 Å². The Morgan fingerprint density at radius 2 is 1.73 bits per heavy atom. The Balaban J connectivity index is 1.54. The number of aromatic nitrogens is 2. The van der Waals surface area contributed by atoms with Crippen LogP contribution in [0.2, 0.25) is 0 Å². The predicted molar refractivity (Wildman–Crippen MR) is 107 cm³/mol. The molecule has 0 amide bonds. The van der Waals surface area contributed by atoms with Gasteiger partial charge in [0.25, 0.3) is 0 Å². The minimum absolute atomic E-state index is 0.0309. The van der Waals surface area contributed by atoms with Crippen LogP contribution < -0.4 is 0 Å². The molecule has 0 aliphatic rings. The lowest BCUT2D eigenvalue weighted by molar-refractivity contribution is -0.137. The van der Waals surface area contributed by atoms with Gasteiger partial charge in [-0.15, -0.1) is 0 Å². The number of nitrogens with zero attached hydrogens (tertiary/aromatic N) is 1. The van der Waals surface area contributed by atoms with Crippen LogP contribution in [0.3, 0.4) is 0 Å². The fraction of sp³-hybridized carbons (Fsp3) is 0.0435. The van der Waals surface area contributed by atoms with E-state index in [1.165, 1.54) is 30.3 Å². The van der Waals surface area contributed by atoms with Crippen LogP contribution in [-0.2, 0) is 6.18 Å². The first-order chi connectivity index (χ1) is 14.4. The lowest BCUT2D eigenvalue weighted by atomic mass is 10.1. The van der Waals surface area contributed by atoms with Crippen molar-refractivity contribution in [3.05, 3.63) is 95.9 Å². The van der Waals surface area contributed by atoms with Crippen molar-refractivity contribution in [3.8, 4) is 22.6 Å². The summed E-state index contributed by atoms with van der Waals surface area (Å²) in [4.78, 5) is 12.5. The van der Waals surface area contributed by atoms with Gasteiger partial charge in [-0.3, -0.25) is 9.89 Å². The van der Waals surface area contributed by atoms with Crippen LogP contribution >= 0.6 is 0 Å². The van der Waals surface area contributed by atoms with Crippen molar-refractivity contribution in [2.24, 2.45) is 0 Å². The normalized spacial score (nSPS) is 11.8. The summed E-state index contributed by atoms with van der Waals surface area (Å²) in [6.45, 7) is 0. The van der Waals surface area contributed by atoms with Gasteiger partial charge >= 0.3 is 6.18 Å². The summed E-state index contributed by atoms with van der Waals surface area (Å²) in [6.07, 6.45) is 0.0973. The first-order valence-corrected chi connectivity index (χ1v) is 9.00. The van der Waals surface area contributed by atoms with E-state index in [2.05, 4.69) is 10.2 Å². The van der Waals surface area contributed by atoms with Gasteiger partial charge in [0.15, 0.2) is 5.76 Å². The van der Waals surface area contributed by atoms with Crippen LogP contribution in [0.5, 0.6) is 0 Å². The van der Waals surface area contributed by atoms with Crippen molar-refractivity contribution in [2.75, 3.05) is 0 Å². The smallest absolute Gasteiger partial charge is 0.416 e. The van der Waals surface area contributed by atoms with Crippen LogP contribution in [0.15, 0.2) is 83.4 Å². The first-order valence-electron chi connectivity index (χ1n) is 9.00. The molecule has 30 heavy (non-hydrogen) atoms. The maximum atomic E-state index is 12.9. The molecule has 0 spiro atoms. The fourth-order valence-corrected chi connectivity index (χ4v) is 2.98. The molecule has 2 heterocycles. The third-order valence-corrected chi connectivity index (χ3v) is 4.47. The van der Waals surface area contributed by atoms with Crippen LogP contribution in [0.1, 0.15) is 21.7 Å². The van der Waals surface area contributed by atoms with Gasteiger partial charge in [-0.2, -0.15) is 18.3 Å². The van der Waals surface area contributed by atoms with E-state index in [1.807, 2.05) is 30.3 Å². The van der Waals surface area contributed by atoms with Crippen molar-refractivity contribution in [2.45, 2.75) is 6.18 Å². The van der Waals surface area contributed by atoms with Crippen LogP contribution in [0.25, 0.3) is 28.7 Å². The van der Waals surface area contributed by atoms with E-state index in [0.717, 1.165) is 29.0 Å². The SMILES string of the molecule is O=C(/C=C/c1cn[nH]c1-c1ccccc1)c1ccc(-c2cccc(C(F)(F)F)c2)o1. The topological polar surface area (TPSA) is 58.9 Å². The van der Waals surface area contributed by atoms with Crippen molar-refractivity contribution in [1.29, 1.82) is 0 Å². The summed E-state index contributed by atoms with van der Waals surface area (Å²) in [5, 5.41) is 6.92. The number of ketones is 1. The second-order valence-electron chi connectivity index (χ2n) is 6.51. The zero-order valence-corrected chi connectivity index (χ0v) is 15.5. The van der Waals surface area contributed by atoms with Crippen molar-refractivity contribution < 1.29 is 22.4 Å². The number of furan rings is 1. The highest BCUT2D eigenvalue weighted by atomic mass is 19.4. The van der Waals surface area contributed by atoms with E-state index in [9.17, 15) is 18.0 Å². The minimum atomic E-state index is -4.45. The molecule has 0 saturated heterocycles. The molecule has 1 N–H and O–H groups in total. The second-order valence-corrected chi connectivity index (χ2v) is 6.51. The Kier molecular flexibility index (Phi) is 5.10. The standard InChI is InChI=1S/C23H15F3N2O2/c24-23(25,26)18-8-4-7-16(13-18)20-11-12-21(30-20)19(29)10-9-17-14-27-28-22(17)15-5-2-1-3-6-15/h1-14H,(H,27,28)/b10-9+. The molecule has 0 unspecified atom stereocenters. The lowest BCUT2D eigenvalue weighted by Crippen LogP contribution is -2.04. The number of nitrogens with one attached hydrogen (secondary N) is 1. The zero-order valence-electron chi connectivity index (χ0n) is 15.5. The molecular formula is C23H15F3N2O2. The van der Waals surface area contributed by atoms with Crippen LogP contribution in [-0.4, -0.2) is 16.0 Å². The monoisotopic (exact) mass is 408 g/mol. The zero-order chi connectivity index (χ0) is 21.1. The van der Waals surface area contributed by atoms with Gasteiger partial charge in [0.05, 0.1) is 17.5 Å². The molecule has 4 aromatic rings. The summed E-state index contributed by atoms with van der Waals surface area (Å²) < 4.78 is 44.2. The van der Waals surface area contributed by atoms with E-state index in [1.54, 1.807) is 12.3 Å². The molecule has 0 radical (unpaired) electrons. The highest BCUT2D eigenvalue weighted by Crippen LogP contribution is 2.32. The van der Waals surface area contributed by atoms with Gasteiger partial charge in [-0.1, -0.05) is 42.5 Å². The van der Waals surface area contributed by atoms with Crippen molar-refractivity contribution in [3.63, 3.8) is 0 Å². The predicted octanol–water partition coefficient (Wildman–Crippen LogP) is 6.25. The lowest BCUT2D eigenvalue weighted by Gasteiger charge is -2.07. The van der Waals surface area contributed by atoms with E-state index in [0.29, 0.717) is 0 Å². The fourth-order valence-electron chi connectivity index (χ4n) is 2.98. The molecule has 0 fully saturated rings. The van der Waals surface area contributed by atoms with E-state index < -0.39 is 17.5 Å². The van der Waals surface area contributed by atoms with E-state index in [-0.39, 0.29) is 17.1 Å². The van der Waals surface area contributed by atoms with E-state index >= 15 is 0 Å². The van der Waals surface area contributed by atoms with Gasteiger partial charge in [0.1, 0.15) is 5.76 Å². The third kappa shape index (κ3) is 4.10. The molecule has 2 aromatic carbocycles. The number of carbonyl (C=O) groups excluding carboxylic acids is 1. The summed E-state index contributed by atoms with van der Waals surface area (Å²) in [7, 11) is 0. The molecule has 7 heteroatoms. The number of alkyl halides is 3.